The number of rotatable bonds is 2. The van der Waals surface area contributed by atoms with Crippen LogP contribution in [0.15, 0.2) is 12.1 Å². The molecule has 2 aromatic heterocycles. The summed E-state index contributed by atoms with van der Waals surface area (Å²) in [4.78, 5) is 7.88. The molecule has 5 heteroatoms. The molecule has 0 bridgehead atoms. The minimum atomic E-state index is 0.304. The first kappa shape index (κ1) is 12.2. The molecule has 1 unspecified atom stereocenters. The SMILES string of the molecule is Cc1ccc2[nH]c(=S)n(CC3(C)CCCS3)c2n1. The van der Waals surface area contributed by atoms with Crippen LogP contribution in [0.1, 0.15) is 25.5 Å². The number of thioether (sulfide) groups is 1. The zero-order chi connectivity index (χ0) is 12.8. The lowest BCUT2D eigenvalue weighted by molar-refractivity contribution is 0.513. The van der Waals surface area contributed by atoms with Crippen molar-refractivity contribution in [3.8, 4) is 0 Å². The van der Waals surface area contributed by atoms with Crippen LogP contribution in [-0.4, -0.2) is 25.0 Å². The van der Waals surface area contributed by atoms with Crippen LogP contribution in [0.4, 0.5) is 0 Å². The van der Waals surface area contributed by atoms with Crippen LogP contribution < -0.4 is 0 Å². The maximum atomic E-state index is 5.44. The molecule has 2 aromatic rings. The van der Waals surface area contributed by atoms with Crippen LogP contribution in [0.25, 0.3) is 11.2 Å². The van der Waals surface area contributed by atoms with Crippen LogP contribution >= 0.6 is 24.0 Å². The summed E-state index contributed by atoms with van der Waals surface area (Å²) in [5.74, 6) is 1.26. The highest BCUT2D eigenvalue weighted by molar-refractivity contribution is 8.00. The molecule has 1 N–H and O–H groups in total. The van der Waals surface area contributed by atoms with Gasteiger partial charge in [-0.15, -0.1) is 0 Å². The molecule has 96 valence electrons. The van der Waals surface area contributed by atoms with Crippen LogP contribution in [0.2, 0.25) is 0 Å². The molecule has 0 spiro atoms. The van der Waals surface area contributed by atoms with Crippen molar-refractivity contribution in [2.75, 3.05) is 5.75 Å². The molecule has 3 rings (SSSR count). The number of aromatic nitrogens is 3. The van der Waals surface area contributed by atoms with Gasteiger partial charge in [0.15, 0.2) is 10.4 Å². The molecule has 0 radical (unpaired) electrons. The van der Waals surface area contributed by atoms with Crippen molar-refractivity contribution in [2.45, 2.75) is 38.0 Å². The van der Waals surface area contributed by atoms with Gasteiger partial charge in [0, 0.05) is 17.0 Å². The van der Waals surface area contributed by atoms with Gasteiger partial charge in [0.1, 0.15) is 0 Å². The van der Waals surface area contributed by atoms with Gasteiger partial charge in [-0.05, 0) is 56.8 Å². The second-order valence-corrected chi connectivity index (χ2v) is 7.31. The summed E-state index contributed by atoms with van der Waals surface area (Å²) in [5.41, 5.74) is 3.07. The van der Waals surface area contributed by atoms with E-state index < -0.39 is 0 Å². The van der Waals surface area contributed by atoms with E-state index in [0.717, 1.165) is 28.2 Å². The Balaban J connectivity index is 2.08. The number of fused-ring (bicyclic) bond motifs is 1. The van der Waals surface area contributed by atoms with Crippen molar-refractivity contribution >= 4 is 35.1 Å². The lowest BCUT2D eigenvalue weighted by atomic mass is 10.1. The van der Waals surface area contributed by atoms with E-state index in [2.05, 4.69) is 39.3 Å². The maximum absolute atomic E-state index is 5.44. The Morgan fingerprint density at radius 1 is 1.56 bits per heavy atom. The summed E-state index contributed by atoms with van der Waals surface area (Å²) in [6, 6.07) is 4.08. The first-order valence-corrected chi connectivity index (χ1v) is 7.67. The molecule has 18 heavy (non-hydrogen) atoms. The second kappa shape index (κ2) is 4.38. The molecule has 3 heterocycles. The Labute approximate surface area is 116 Å². The molecule has 0 saturated carbocycles. The third kappa shape index (κ3) is 2.10. The van der Waals surface area contributed by atoms with Gasteiger partial charge in [-0.25, -0.2) is 4.98 Å². The molecule has 1 fully saturated rings. The Hall–Kier alpha value is -0.810. The first-order valence-electron chi connectivity index (χ1n) is 6.28. The van der Waals surface area contributed by atoms with Crippen LogP contribution in [-0.2, 0) is 6.54 Å². The predicted molar refractivity (Wildman–Crippen MR) is 79.8 cm³/mol. The fourth-order valence-corrected chi connectivity index (χ4v) is 4.12. The number of aromatic amines is 1. The highest BCUT2D eigenvalue weighted by atomic mass is 32.2. The smallest absolute Gasteiger partial charge is 0.179 e. The topological polar surface area (TPSA) is 33.6 Å². The van der Waals surface area contributed by atoms with E-state index in [4.69, 9.17) is 12.2 Å². The Morgan fingerprint density at radius 3 is 3.11 bits per heavy atom. The van der Waals surface area contributed by atoms with Crippen LogP contribution in [0, 0.1) is 11.7 Å². The quantitative estimate of drug-likeness (QED) is 0.851. The van der Waals surface area contributed by atoms with Gasteiger partial charge in [-0.2, -0.15) is 11.8 Å². The van der Waals surface area contributed by atoms with Crippen molar-refractivity contribution in [1.29, 1.82) is 0 Å². The monoisotopic (exact) mass is 279 g/mol. The fraction of sp³-hybridized carbons (Fsp3) is 0.538. The summed E-state index contributed by atoms with van der Waals surface area (Å²) >= 11 is 7.49. The molecule has 1 aliphatic heterocycles. The fourth-order valence-electron chi connectivity index (χ4n) is 2.57. The average molecular weight is 279 g/mol. The molecule has 0 amide bonds. The average Bonchev–Trinajstić information content (AvgIpc) is 2.86. The largest absolute Gasteiger partial charge is 0.329 e. The molecule has 0 aromatic carbocycles. The van der Waals surface area contributed by atoms with Gasteiger partial charge in [-0.1, -0.05) is 0 Å². The summed E-state index contributed by atoms with van der Waals surface area (Å²) in [6.07, 6.45) is 2.57. The van der Waals surface area contributed by atoms with E-state index in [9.17, 15) is 0 Å². The van der Waals surface area contributed by atoms with E-state index in [1.54, 1.807) is 0 Å². The zero-order valence-electron chi connectivity index (χ0n) is 10.7. The molecule has 1 atom stereocenters. The summed E-state index contributed by atoms with van der Waals surface area (Å²) in [6.45, 7) is 5.31. The zero-order valence-corrected chi connectivity index (χ0v) is 12.3. The number of hydrogen-bond acceptors (Lipinski definition) is 3. The minimum absolute atomic E-state index is 0.304. The van der Waals surface area contributed by atoms with Crippen molar-refractivity contribution < 1.29 is 0 Å². The summed E-state index contributed by atoms with van der Waals surface area (Å²) in [7, 11) is 0. The summed E-state index contributed by atoms with van der Waals surface area (Å²) in [5, 5.41) is 0. The van der Waals surface area contributed by atoms with Crippen molar-refractivity contribution in [3.63, 3.8) is 0 Å². The third-order valence-corrected chi connectivity index (χ3v) is 5.40. The van der Waals surface area contributed by atoms with E-state index in [-0.39, 0.29) is 0 Å². The Kier molecular flexibility index (Phi) is 2.98. The normalized spacial score (nSPS) is 23.9. The maximum Gasteiger partial charge on any atom is 0.179 e. The van der Waals surface area contributed by atoms with Crippen LogP contribution in [0.5, 0.6) is 0 Å². The van der Waals surface area contributed by atoms with Gasteiger partial charge in [0.05, 0.1) is 5.52 Å². The number of nitrogens with zero attached hydrogens (tertiary/aromatic N) is 2. The van der Waals surface area contributed by atoms with Crippen LogP contribution in [0.3, 0.4) is 0 Å². The van der Waals surface area contributed by atoms with E-state index in [0.29, 0.717) is 4.75 Å². The lowest BCUT2D eigenvalue weighted by Gasteiger charge is -2.23. The molecule has 3 nitrogen and oxygen atoms in total. The van der Waals surface area contributed by atoms with Gasteiger partial charge in [0.2, 0.25) is 0 Å². The van der Waals surface area contributed by atoms with E-state index >= 15 is 0 Å². The van der Waals surface area contributed by atoms with Crippen molar-refractivity contribution in [2.24, 2.45) is 0 Å². The number of aryl methyl sites for hydroxylation is 1. The van der Waals surface area contributed by atoms with Crippen molar-refractivity contribution in [3.05, 3.63) is 22.6 Å². The summed E-state index contributed by atoms with van der Waals surface area (Å²) < 4.78 is 3.26. The standard InChI is InChI=1S/C13H17N3S2/c1-9-4-5-10-11(14-9)16(12(17)15-10)8-13(2)6-3-7-18-13/h4-5H,3,6-8H2,1-2H3,(H,15,17). The Bertz CT molecular complexity index is 635. The number of nitrogens with one attached hydrogen (secondary N) is 1. The molecular weight excluding hydrogens is 262 g/mol. The Morgan fingerprint density at radius 2 is 2.39 bits per heavy atom. The molecule has 1 aliphatic rings. The number of imidazole rings is 1. The number of H-pyrrole nitrogens is 1. The van der Waals surface area contributed by atoms with Gasteiger partial charge in [0.25, 0.3) is 0 Å². The second-order valence-electron chi connectivity index (χ2n) is 5.24. The number of pyridine rings is 1. The molecular formula is C13H17N3S2. The minimum Gasteiger partial charge on any atom is -0.329 e. The number of hydrogen-bond donors (Lipinski definition) is 1. The van der Waals surface area contributed by atoms with E-state index in [1.807, 2.05) is 13.0 Å². The van der Waals surface area contributed by atoms with Gasteiger partial charge in [-0.3, -0.25) is 0 Å². The van der Waals surface area contributed by atoms with E-state index in [1.165, 1.54) is 18.6 Å². The predicted octanol–water partition coefficient (Wildman–Crippen LogP) is 3.69. The van der Waals surface area contributed by atoms with Crippen molar-refractivity contribution in [1.82, 2.24) is 14.5 Å². The highest BCUT2D eigenvalue weighted by Crippen LogP contribution is 2.39. The molecule has 0 aliphatic carbocycles. The lowest BCUT2D eigenvalue weighted by Crippen LogP contribution is -2.24. The van der Waals surface area contributed by atoms with Gasteiger partial charge < -0.3 is 9.55 Å². The first-order chi connectivity index (χ1) is 8.57. The highest BCUT2D eigenvalue weighted by Gasteiger charge is 2.30. The van der Waals surface area contributed by atoms with Gasteiger partial charge >= 0.3 is 0 Å². The molecule has 1 saturated heterocycles. The third-order valence-electron chi connectivity index (χ3n) is 3.55.